The van der Waals surface area contributed by atoms with Crippen LogP contribution in [0.25, 0.3) is 22.0 Å². The maximum atomic E-state index is 12.0. The molecule has 0 aliphatic heterocycles. The van der Waals surface area contributed by atoms with Gasteiger partial charge in [-0.3, -0.25) is 4.79 Å². The molecule has 0 spiro atoms. The Hall–Kier alpha value is -3.15. The third-order valence-corrected chi connectivity index (χ3v) is 3.83. The summed E-state index contributed by atoms with van der Waals surface area (Å²) in [5.74, 6) is 0.647. The minimum absolute atomic E-state index is 0.0208. The van der Waals surface area contributed by atoms with Gasteiger partial charge < -0.3 is 15.4 Å². The second-order valence-corrected chi connectivity index (χ2v) is 5.83. The van der Waals surface area contributed by atoms with Gasteiger partial charge in [0.05, 0.1) is 17.5 Å². The van der Waals surface area contributed by atoms with Crippen molar-refractivity contribution in [2.45, 2.75) is 6.92 Å². The molecule has 128 valence electrons. The molecule has 2 aromatic carbocycles. The van der Waals surface area contributed by atoms with Crippen LogP contribution in [0.2, 0.25) is 0 Å². The van der Waals surface area contributed by atoms with Crippen molar-refractivity contribution in [2.75, 3.05) is 26.4 Å². The number of anilines is 1. The number of nitrogens with zero attached hydrogens (tertiary/aromatic N) is 3. The molecule has 0 atom stereocenters. The number of hydrogen-bond acceptors (Lipinski definition) is 5. The Morgan fingerprint density at radius 3 is 2.40 bits per heavy atom. The smallest absolute Gasteiger partial charge is 0.253 e. The summed E-state index contributed by atoms with van der Waals surface area (Å²) >= 11 is 0. The van der Waals surface area contributed by atoms with Crippen molar-refractivity contribution in [3.05, 3.63) is 48.0 Å². The van der Waals surface area contributed by atoms with Gasteiger partial charge >= 0.3 is 0 Å². The lowest BCUT2D eigenvalue weighted by atomic mass is 10.0. The average molecular weight is 336 g/mol. The minimum atomic E-state index is -0.0208. The molecule has 0 saturated carbocycles. The zero-order chi connectivity index (χ0) is 18.0. The molecule has 6 nitrogen and oxygen atoms in total. The third kappa shape index (κ3) is 3.38. The Morgan fingerprint density at radius 1 is 1.08 bits per heavy atom. The molecule has 0 aliphatic carbocycles. The van der Waals surface area contributed by atoms with E-state index in [-0.39, 0.29) is 11.9 Å². The Morgan fingerprint density at radius 2 is 1.76 bits per heavy atom. The largest absolute Gasteiger partial charge is 0.477 e. The van der Waals surface area contributed by atoms with E-state index < -0.39 is 0 Å². The zero-order valence-corrected chi connectivity index (χ0v) is 14.5. The first-order valence-electron chi connectivity index (χ1n) is 8.01. The van der Waals surface area contributed by atoms with Crippen molar-refractivity contribution in [1.82, 2.24) is 14.9 Å². The molecule has 0 bridgehead atoms. The lowest BCUT2D eigenvalue weighted by molar-refractivity contribution is 0.0827. The standard InChI is InChI=1S/C19H20N4O2/c1-4-25-17-15-11-14(9-10-16(15)21-19(20)22-17)12-5-7-13(8-6-12)18(24)23(2)3/h5-11H,4H2,1-3H3,(H2,20,21,22). The molecule has 6 heteroatoms. The highest BCUT2D eigenvalue weighted by molar-refractivity contribution is 5.95. The van der Waals surface area contributed by atoms with Crippen LogP contribution < -0.4 is 10.5 Å². The molecule has 0 aliphatic rings. The number of benzene rings is 2. The van der Waals surface area contributed by atoms with Crippen LogP contribution in [0.3, 0.4) is 0 Å². The first kappa shape index (κ1) is 16.7. The van der Waals surface area contributed by atoms with Crippen molar-refractivity contribution in [1.29, 1.82) is 0 Å². The van der Waals surface area contributed by atoms with E-state index >= 15 is 0 Å². The molecule has 3 aromatic rings. The van der Waals surface area contributed by atoms with Crippen molar-refractivity contribution < 1.29 is 9.53 Å². The number of fused-ring (bicyclic) bond motifs is 1. The molecule has 2 N–H and O–H groups in total. The predicted molar refractivity (Wildman–Crippen MR) is 98.6 cm³/mol. The number of carbonyl (C=O) groups excluding carboxylic acids is 1. The van der Waals surface area contributed by atoms with Gasteiger partial charge in [0.25, 0.3) is 5.91 Å². The van der Waals surface area contributed by atoms with E-state index in [9.17, 15) is 4.79 Å². The number of rotatable bonds is 4. The number of hydrogen-bond donors (Lipinski definition) is 1. The summed E-state index contributed by atoms with van der Waals surface area (Å²) in [6.07, 6.45) is 0. The Balaban J connectivity index is 2.03. The van der Waals surface area contributed by atoms with Crippen LogP contribution in [0.1, 0.15) is 17.3 Å². The Labute approximate surface area is 146 Å². The predicted octanol–water partition coefficient (Wildman–Crippen LogP) is 2.98. The number of ether oxygens (including phenoxy) is 1. The first-order chi connectivity index (χ1) is 12.0. The Bertz CT molecular complexity index is 921. The second-order valence-electron chi connectivity index (χ2n) is 5.83. The number of aromatic nitrogens is 2. The van der Waals surface area contributed by atoms with Crippen molar-refractivity contribution in [3.63, 3.8) is 0 Å². The highest BCUT2D eigenvalue weighted by Gasteiger charge is 2.11. The van der Waals surface area contributed by atoms with Gasteiger partial charge in [-0.2, -0.15) is 4.98 Å². The third-order valence-electron chi connectivity index (χ3n) is 3.83. The second kappa shape index (κ2) is 6.76. The molecular weight excluding hydrogens is 316 g/mol. The molecule has 0 saturated heterocycles. The quantitative estimate of drug-likeness (QED) is 0.792. The van der Waals surface area contributed by atoms with E-state index in [1.54, 1.807) is 19.0 Å². The van der Waals surface area contributed by atoms with Crippen LogP contribution >= 0.6 is 0 Å². The fourth-order valence-electron chi connectivity index (χ4n) is 2.61. The molecule has 25 heavy (non-hydrogen) atoms. The molecule has 3 rings (SSSR count). The maximum absolute atomic E-state index is 12.0. The van der Waals surface area contributed by atoms with E-state index in [0.717, 1.165) is 22.0 Å². The van der Waals surface area contributed by atoms with Gasteiger partial charge in [-0.15, -0.1) is 0 Å². The van der Waals surface area contributed by atoms with Crippen LogP contribution in [0, 0.1) is 0 Å². The van der Waals surface area contributed by atoms with E-state index in [1.807, 2.05) is 49.4 Å². The van der Waals surface area contributed by atoms with Gasteiger partial charge in [0.1, 0.15) is 0 Å². The van der Waals surface area contributed by atoms with Gasteiger partial charge in [0.2, 0.25) is 11.8 Å². The van der Waals surface area contributed by atoms with Gasteiger partial charge in [-0.25, -0.2) is 4.98 Å². The molecular formula is C19H20N4O2. The lowest BCUT2D eigenvalue weighted by Crippen LogP contribution is -2.21. The van der Waals surface area contributed by atoms with Crippen molar-refractivity contribution in [2.24, 2.45) is 0 Å². The number of nitrogens with two attached hydrogens (primary N) is 1. The normalized spacial score (nSPS) is 10.7. The molecule has 0 fully saturated rings. The Kier molecular flexibility index (Phi) is 4.52. The van der Waals surface area contributed by atoms with Gasteiger partial charge in [-0.1, -0.05) is 18.2 Å². The fraction of sp³-hybridized carbons (Fsp3) is 0.211. The monoisotopic (exact) mass is 336 g/mol. The molecule has 1 amide bonds. The molecule has 0 unspecified atom stereocenters. The molecule has 0 radical (unpaired) electrons. The van der Waals surface area contributed by atoms with Crippen LogP contribution in [-0.2, 0) is 0 Å². The van der Waals surface area contributed by atoms with E-state index in [1.165, 1.54) is 0 Å². The number of carbonyl (C=O) groups is 1. The van der Waals surface area contributed by atoms with Crippen molar-refractivity contribution in [3.8, 4) is 17.0 Å². The highest BCUT2D eigenvalue weighted by Crippen LogP contribution is 2.29. The van der Waals surface area contributed by atoms with Crippen LogP contribution in [-0.4, -0.2) is 41.5 Å². The first-order valence-corrected chi connectivity index (χ1v) is 8.01. The lowest BCUT2D eigenvalue weighted by Gasteiger charge is -2.11. The summed E-state index contributed by atoms with van der Waals surface area (Å²) in [5.41, 5.74) is 9.11. The van der Waals surface area contributed by atoms with E-state index in [4.69, 9.17) is 10.5 Å². The van der Waals surface area contributed by atoms with Gasteiger partial charge in [0, 0.05) is 19.7 Å². The van der Waals surface area contributed by atoms with Crippen LogP contribution in [0.5, 0.6) is 5.88 Å². The van der Waals surface area contributed by atoms with Gasteiger partial charge in [-0.05, 0) is 42.3 Å². The zero-order valence-electron chi connectivity index (χ0n) is 14.5. The molecule has 1 heterocycles. The summed E-state index contributed by atoms with van der Waals surface area (Å²) < 4.78 is 5.59. The summed E-state index contributed by atoms with van der Waals surface area (Å²) in [5, 5.41) is 0.807. The fourth-order valence-corrected chi connectivity index (χ4v) is 2.61. The van der Waals surface area contributed by atoms with Crippen LogP contribution in [0.15, 0.2) is 42.5 Å². The highest BCUT2D eigenvalue weighted by atomic mass is 16.5. The maximum Gasteiger partial charge on any atom is 0.253 e. The summed E-state index contributed by atoms with van der Waals surface area (Å²) in [7, 11) is 3.47. The van der Waals surface area contributed by atoms with E-state index in [2.05, 4.69) is 9.97 Å². The van der Waals surface area contributed by atoms with Crippen molar-refractivity contribution >= 4 is 22.8 Å². The van der Waals surface area contributed by atoms with E-state index in [0.29, 0.717) is 18.1 Å². The summed E-state index contributed by atoms with van der Waals surface area (Å²) in [4.78, 5) is 22.0. The number of amides is 1. The van der Waals surface area contributed by atoms with Gasteiger partial charge in [0.15, 0.2) is 0 Å². The van der Waals surface area contributed by atoms with Crippen LogP contribution in [0.4, 0.5) is 5.95 Å². The SMILES string of the molecule is CCOc1nc(N)nc2ccc(-c3ccc(C(=O)N(C)C)cc3)cc12. The minimum Gasteiger partial charge on any atom is -0.477 e. The topological polar surface area (TPSA) is 81.3 Å². The summed E-state index contributed by atoms with van der Waals surface area (Å²) in [6, 6.07) is 13.3. The average Bonchev–Trinajstić information content (AvgIpc) is 2.61. The molecule has 1 aromatic heterocycles. The number of nitrogen functional groups attached to an aromatic ring is 1. The summed E-state index contributed by atoms with van der Waals surface area (Å²) in [6.45, 7) is 2.39.